The minimum atomic E-state index is -1.67. The van der Waals surface area contributed by atoms with E-state index >= 15 is 0 Å². The van der Waals surface area contributed by atoms with E-state index in [0.717, 1.165) is 0 Å². The molecule has 2 atom stereocenters. The summed E-state index contributed by atoms with van der Waals surface area (Å²) in [5.41, 5.74) is 0. The first-order valence-electron chi connectivity index (χ1n) is 4.38. The van der Waals surface area contributed by atoms with Crippen LogP contribution in [0.4, 0.5) is 4.39 Å². The van der Waals surface area contributed by atoms with Crippen LogP contribution in [0.15, 0.2) is 0 Å². The van der Waals surface area contributed by atoms with Crippen molar-refractivity contribution in [2.75, 3.05) is 6.61 Å². The lowest BCUT2D eigenvalue weighted by molar-refractivity contribution is -0.121. The zero-order valence-electron chi connectivity index (χ0n) is 8.19. The van der Waals surface area contributed by atoms with E-state index < -0.39 is 20.3 Å². The molecule has 0 bridgehead atoms. The molecule has 0 aromatic rings. The normalized spacial score (nSPS) is 35.2. The van der Waals surface area contributed by atoms with Crippen molar-refractivity contribution in [2.45, 2.75) is 44.9 Å². The van der Waals surface area contributed by atoms with Gasteiger partial charge in [0.05, 0.1) is 0 Å². The first-order chi connectivity index (χ1) is 5.40. The monoisotopic (exact) mass is 192 g/mol. The lowest BCUT2D eigenvalue weighted by Crippen LogP contribution is -2.36. The molecule has 0 heterocycles. The highest BCUT2D eigenvalue weighted by molar-refractivity contribution is 6.69. The van der Waals surface area contributed by atoms with Crippen LogP contribution in [0, 0.1) is 0 Å². The number of hydrogen-bond acceptors (Lipinski definition) is 2. The summed E-state index contributed by atoms with van der Waals surface area (Å²) in [4.78, 5) is 0. The van der Waals surface area contributed by atoms with E-state index in [1.54, 1.807) is 0 Å². The maximum Gasteiger partial charge on any atom is 0.193 e. The van der Waals surface area contributed by atoms with Gasteiger partial charge in [0.1, 0.15) is 0 Å². The Morgan fingerprint density at radius 2 is 2.00 bits per heavy atom. The molecular weight excluding hydrogens is 175 g/mol. The highest BCUT2D eigenvalue weighted by Crippen LogP contribution is 2.45. The Labute approximate surface area is 74.2 Å². The van der Waals surface area contributed by atoms with Crippen LogP contribution < -0.4 is 0 Å². The summed E-state index contributed by atoms with van der Waals surface area (Å²) in [7, 11) is -1.67. The predicted molar refractivity (Wildman–Crippen MR) is 48.3 cm³/mol. The van der Waals surface area contributed by atoms with Gasteiger partial charge in [-0.05, 0) is 26.6 Å². The van der Waals surface area contributed by atoms with Gasteiger partial charge < -0.3 is 9.16 Å². The zero-order chi connectivity index (χ0) is 9.41. The van der Waals surface area contributed by atoms with Crippen molar-refractivity contribution < 1.29 is 13.6 Å². The molecule has 0 aromatic carbocycles. The van der Waals surface area contributed by atoms with Crippen LogP contribution in [-0.2, 0) is 9.16 Å². The molecule has 0 radical (unpaired) electrons. The average Bonchev–Trinajstić information content (AvgIpc) is 2.37. The number of halogens is 1. The van der Waals surface area contributed by atoms with Crippen molar-refractivity contribution in [3.05, 3.63) is 0 Å². The molecule has 1 aliphatic rings. The lowest BCUT2D eigenvalue weighted by Gasteiger charge is -2.25. The second kappa shape index (κ2) is 3.09. The van der Waals surface area contributed by atoms with Gasteiger partial charge in [0.15, 0.2) is 20.3 Å². The molecule has 0 saturated heterocycles. The van der Waals surface area contributed by atoms with Gasteiger partial charge >= 0.3 is 0 Å². The number of ether oxygens (including phenoxy) is 1. The summed E-state index contributed by atoms with van der Waals surface area (Å²) >= 11 is 0. The minimum absolute atomic E-state index is 0.408. The molecule has 0 amide bonds. The zero-order valence-corrected chi connectivity index (χ0v) is 9.19. The summed E-state index contributed by atoms with van der Waals surface area (Å²) in [6, 6.07) is 0. The van der Waals surface area contributed by atoms with Crippen molar-refractivity contribution >= 4 is 8.32 Å². The van der Waals surface area contributed by atoms with Gasteiger partial charge in [-0.25, -0.2) is 4.39 Å². The van der Waals surface area contributed by atoms with Gasteiger partial charge in [-0.2, -0.15) is 0 Å². The molecule has 1 rings (SSSR count). The summed E-state index contributed by atoms with van der Waals surface area (Å²) < 4.78 is 23.8. The maximum absolute atomic E-state index is 12.9. The van der Waals surface area contributed by atoms with Gasteiger partial charge in [-0.3, -0.25) is 0 Å². The molecule has 1 saturated carbocycles. The SMILES string of the molecule is CCOC1(O[Si](C)(C)C)CC1F. The number of alkyl halides is 1. The first-order valence-corrected chi connectivity index (χ1v) is 7.79. The van der Waals surface area contributed by atoms with Crippen molar-refractivity contribution in [1.29, 1.82) is 0 Å². The molecule has 0 N–H and O–H groups in total. The highest BCUT2D eigenvalue weighted by atomic mass is 28.4. The third-order valence-corrected chi connectivity index (χ3v) is 2.61. The van der Waals surface area contributed by atoms with Crippen LogP contribution in [0.1, 0.15) is 13.3 Å². The summed E-state index contributed by atoms with van der Waals surface area (Å²) in [6.07, 6.45) is -0.505. The molecule has 2 unspecified atom stereocenters. The van der Waals surface area contributed by atoms with E-state index in [0.29, 0.717) is 13.0 Å². The summed E-state index contributed by atoms with van der Waals surface area (Å²) in [6.45, 7) is 8.50. The van der Waals surface area contributed by atoms with E-state index in [-0.39, 0.29) is 0 Å². The summed E-state index contributed by atoms with van der Waals surface area (Å²) in [5, 5.41) is 0. The van der Waals surface area contributed by atoms with Gasteiger partial charge in [0.25, 0.3) is 0 Å². The van der Waals surface area contributed by atoms with Crippen molar-refractivity contribution in [1.82, 2.24) is 0 Å². The minimum Gasteiger partial charge on any atom is -0.389 e. The fourth-order valence-corrected chi connectivity index (χ4v) is 2.54. The first kappa shape index (κ1) is 10.1. The lowest BCUT2D eigenvalue weighted by atomic mass is 10.7. The molecule has 0 aliphatic heterocycles. The van der Waals surface area contributed by atoms with E-state index in [1.807, 2.05) is 26.6 Å². The van der Waals surface area contributed by atoms with Gasteiger partial charge in [-0.15, -0.1) is 0 Å². The Bertz CT molecular complexity index is 169. The van der Waals surface area contributed by atoms with Gasteiger partial charge in [0, 0.05) is 13.0 Å². The molecule has 12 heavy (non-hydrogen) atoms. The topological polar surface area (TPSA) is 18.5 Å². The molecule has 72 valence electrons. The fraction of sp³-hybridized carbons (Fsp3) is 1.00. The molecule has 4 heteroatoms. The maximum atomic E-state index is 12.9. The van der Waals surface area contributed by atoms with Crippen LogP contribution in [0.3, 0.4) is 0 Å². The van der Waals surface area contributed by atoms with E-state index in [1.165, 1.54) is 0 Å². The Morgan fingerprint density at radius 3 is 2.25 bits per heavy atom. The standard InChI is InChI=1S/C8H17FO2Si/c1-5-10-8(6-7(8)9)11-12(2,3)4/h7H,5-6H2,1-4H3. The third-order valence-electron chi connectivity index (χ3n) is 1.65. The smallest absolute Gasteiger partial charge is 0.193 e. The van der Waals surface area contributed by atoms with Crippen LogP contribution in [0.25, 0.3) is 0 Å². The molecule has 0 aromatic heterocycles. The third kappa shape index (κ3) is 2.28. The Hall–Kier alpha value is 0.0669. The van der Waals surface area contributed by atoms with Crippen LogP contribution >= 0.6 is 0 Å². The number of rotatable bonds is 4. The Kier molecular flexibility index (Phi) is 2.61. The van der Waals surface area contributed by atoms with Crippen LogP contribution in [0.5, 0.6) is 0 Å². The predicted octanol–water partition coefficient (Wildman–Crippen LogP) is 2.31. The van der Waals surface area contributed by atoms with Crippen LogP contribution in [-0.4, -0.2) is 26.9 Å². The average molecular weight is 192 g/mol. The largest absolute Gasteiger partial charge is 0.389 e. The second-order valence-electron chi connectivity index (χ2n) is 4.13. The quantitative estimate of drug-likeness (QED) is 0.502. The highest BCUT2D eigenvalue weighted by Gasteiger charge is 2.60. The molecule has 1 aliphatic carbocycles. The molecule has 2 nitrogen and oxygen atoms in total. The van der Waals surface area contributed by atoms with Gasteiger partial charge in [0.2, 0.25) is 0 Å². The summed E-state index contributed by atoms with van der Waals surface area (Å²) in [5.74, 6) is -0.862. The second-order valence-corrected chi connectivity index (χ2v) is 8.56. The van der Waals surface area contributed by atoms with E-state index in [4.69, 9.17) is 9.16 Å². The van der Waals surface area contributed by atoms with E-state index in [9.17, 15) is 4.39 Å². The Balaban J connectivity index is 2.48. The van der Waals surface area contributed by atoms with Gasteiger partial charge in [-0.1, -0.05) is 0 Å². The van der Waals surface area contributed by atoms with Crippen molar-refractivity contribution in [3.63, 3.8) is 0 Å². The van der Waals surface area contributed by atoms with Crippen molar-refractivity contribution in [2.24, 2.45) is 0 Å². The number of hydrogen-bond donors (Lipinski definition) is 0. The molecule has 0 spiro atoms. The molecule has 1 fully saturated rings. The van der Waals surface area contributed by atoms with Crippen LogP contribution in [0.2, 0.25) is 19.6 Å². The molecular formula is C8H17FO2Si. The van der Waals surface area contributed by atoms with E-state index in [2.05, 4.69) is 0 Å². The Morgan fingerprint density at radius 1 is 1.50 bits per heavy atom. The fourth-order valence-electron chi connectivity index (χ4n) is 1.24. The van der Waals surface area contributed by atoms with Crippen molar-refractivity contribution in [3.8, 4) is 0 Å².